The molecule has 1 amide bonds. The van der Waals surface area contributed by atoms with Crippen LogP contribution in [0.25, 0.3) is 0 Å². The second kappa shape index (κ2) is 8.50. The van der Waals surface area contributed by atoms with Gasteiger partial charge in [-0.15, -0.1) is 0 Å². The number of aliphatic hydroxyl groups is 1. The average Bonchev–Trinajstić information content (AvgIpc) is 2.54. The minimum absolute atomic E-state index is 0.0829. The quantitative estimate of drug-likeness (QED) is 0.796. The Morgan fingerprint density at radius 3 is 2.82 bits per heavy atom. The molecule has 3 atom stereocenters. The summed E-state index contributed by atoms with van der Waals surface area (Å²) >= 11 is 0. The molecule has 2 aliphatic heterocycles. The summed E-state index contributed by atoms with van der Waals surface area (Å²) in [7, 11) is 0. The van der Waals surface area contributed by atoms with Crippen molar-refractivity contribution in [3.63, 3.8) is 0 Å². The Labute approximate surface area is 132 Å². The topological polar surface area (TPSA) is 68.2 Å². The van der Waals surface area contributed by atoms with Crippen LogP contribution in [0.15, 0.2) is 11.8 Å². The minimum Gasteiger partial charge on any atom is -0.459 e. The molecule has 2 heterocycles. The molecule has 6 heteroatoms. The smallest absolute Gasteiger partial charge is 0.288 e. The molecule has 0 saturated carbocycles. The zero-order chi connectivity index (χ0) is 15.9. The molecule has 0 aliphatic carbocycles. The number of rotatable bonds is 6. The van der Waals surface area contributed by atoms with E-state index in [9.17, 15) is 4.79 Å². The van der Waals surface area contributed by atoms with Gasteiger partial charge in [-0.2, -0.15) is 0 Å². The van der Waals surface area contributed by atoms with Gasteiger partial charge < -0.3 is 24.2 Å². The predicted molar refractivity (Wildman–Crippen MR) is 81.0 cm³/mol. The second-order valence-electron chi connectivity index (χ2n) is 5.77. The molecule has 1 fully saturated rings. The first kappa shape index (κ1) is 17.2. The number of amides is 1. The first-order valence-electron chi connectivity index (χ1n) is 8.15. The van der Waals surface area contributed by atoms with Crippen molar-refractivity contribution in [1.29, 1.82) is 0 Å². The molecule has 0 aromatic rings. The average molecular weight is 313 g/mol. The molecular weight excluding hydrogens is 286 g/mol. The van der Waals surface area contributed by atoms with Crippen molar-refractivity contribution in [2.75, 3.05) is 39.5 Å². The molecule has 0 bridgehead atoms. The Morgan fingerprint density at radius 2 is 2.18 bits per heavy atom. The molecular formula is C16H27NO5. The summed E-state index contributed by atoms with van der Waals surface area (Å²) < 4.78 is 16.8. The van der Waals surface area contributed by atoms with Crippen molar-refractivity contribution in [2.45, 2.75) is 33.0 Å². The number of carbonyl (C=O) groups is 1. The van der Waals surface area contributed by atoms with E-state index in [1.54, 1.807) is 4.90 Å². The number of allylic oxidation sites excluding steroid dienone is 1. The predicted octanol–water partition coefficient (Wildman–Crippen LogP) is 1.15. The molecule has 0 aromatic heterocycles. The van der Waals surface area contributed by atoms with Gasteiger partial charge in [0, 0.05) is 32.2 Å². The summed E-state index contributed by atoms with van der Waals surface area (Å²) in [5.74, 6) is 0.638. The van der Waals surface area contributed by atoms with E-state index in [4.69, 9.17) is 19.3 Å². The number of aliphatic hydroxyl groups excluding tert-OH is 1. The Balaban J connectivity index is 2.06. The molecule has 22 heavy (non-hydrogen) atoms. The standard InChI is InChI=1S/C16H27NO5/c1-3-21-16-13(5-4-8-18)12(2)11-14(22-16)15(19)17-6-9-20-10-7-17/h11-13,16,18H,3-10H2,1-2H3/t12-,13-,16+/m0/s1. The Bertz CT molecular complexity index is 392. The molecule has 6 nitrogen and oxygen atoms in total. The summed E-state index contributed by atoms with van der Waals surface area (Å²) in [4.78, 5) is 14.3. The third-order valence-electron chi connectivity index (χ3n) is 4.22. The van der Waals surface area contributed by atoms with E-state index in [0.717, 1.165) is 6.42 Å². The van der Waals surface area contributed by atoms with E-state index in [1.807, 2.05) is 13.0 Å². The van der Waals surface area contributed by atoms with Crippen LogP contribution >= 0.6 is 0 Å². The molecule has 0 radical (unpaired) electrons. The lowest BCUT2D eigenvalue weighted by Gasteiger charge is -2.37. The molecule has 0 unspecified atom stereocenters. The van der Waals surface area contributed by atoms with E-state index < -0.39 is 6.29 Å². The third-order valence-corrected chi connectivity index (χ3v) is 4.22. The first-order chi connectivity index (χ1) is 10.7. The molecule has 2 rings (SSSR count). The summed E-state index contributed by atoms with van der Waals surface area (Å²) in [6.45, 7) is 7.02. The highest BCUT2D eigenvalue weighted by Crippen LogP contribution is 2.33. The molecule has 0 spiro atoms. The maximum absolute atomic E-state index is 12.6. The van der Waals surface area contributed by atoms with Crippen LogP contribution < -0.4 is 0 Å². The molecule has 126 valence electrons. The summed E-state index contributed by atoms with van der Waals surface area (Å²) in [6.07, 6.45) is 3.01. The number of hydrogen-bond donors (Lipinski definition) is 1. The van der Waals surface area contributed by atoms with Gasteiger partial charge in [0.15, 0.2) is 5.76 Å². The van der Waals surface area contributed by atoms with E-state index >= 15 is 0 Å². The van der Waals surface area contributed by atoms with Gasteiger partial charge in [-0.3, -0.25) is 4.79 Å². The van der Waals surface area contributed by atoms with Gasteiger partial charge >= 0.3 is 0 Å². The fourth-order valence-corrected chi connectivity index (χ4v) is 2.95. The summed E-state index contributed by atoms with van der Waals surface area (Å²) in [5.41, 5.74) is 0. The van der Waals surface area contributed by atoms with Gasteiger partial charge in [-0.1, -0.05) is 6.92 Å². The highest BCUT2D eigenvalue weighted by Gasteiger charge is 2.36. The highest BCUT2D eigenvalue weighted by molar-refractivity contribution is 5.91. The normalized spacial score (nSPS) is 29.0. The van der Waals surface area contributed by atoms with Crippen LogP contribution in [-0.4, -0.2) is 61.7 Å². The van der Waals surface area contributed by atoms with Crippen LogP contribution in [0.5, 0.6) is 0 Å². The first-order valence-corrected chi connectivity index (χ1v) is 8.15. The van der Waals surface area contributed by atoms with Crippen LogP contribution in [0.1, 0.15) is 26.7 Å². The summed E-state index contributed by atoms with van der Waals surface area (Å²) in [6, 6.07) is 0. The van der Waals surface area contributed by atoms with Crippen molar-refractivity contribution in [2.24, 2.45) is 11.8 Å². The largest absolute Gasteiger partial charge is 0.459 e. The van der Waals surface area contributed by atoms with Gasteiger partial charge in [0.2, 0.25) is 6.29 Å². The van der Waals surface area contributed by atoms with Crippen molar-refractivity contribution in [3.8, 4) is 0 Å². The zero-order valence-corrected chi connectivity index (χ0v) is 13.5. The molecule has 1 N–H and O–H groups in total. The van der Waals surface area contributed by atoms with E-state index in [0.29, 0.717) is 45.1 Å². The van der Waals surface area contributed by atoms with Crippen molar-refractivity contribution in [3.05, 3.63) is 11.8 Å². The Hall–Kier alpha value is -1.11. The number of ether oxygens (including phenoxy) is 3. The Morgan fingerprint density at radius 1 is 1.45 bits per heavy atom. The molecule has 2 aliphatic rings. The second-order valence-corrected chi connectivity index (χ2v) is 5.77. The number of nitrogens with zero attached hydrogens (tertiary/aromatic N) is 1. The lowest BCUT2D eigenvalue weighted by atomic mass is 9.86. The van der Waals surface area contributed by atoms with Crippen molar-refractivity contribution < 1.29 is 24.1 Å². The van der Waals surface area contributed by atoms with Crippen LogP contribution in [-0.2, 0) is 19.0 Å². The zero-order valence-electron chi connectivity index (χ0n) is 13.5. The Kier molecular flexibility index (Phi) is 6.67. The van der Waals surface area contributed by atoms with Gasteiger partial charge in [0.05, 0.1) is 13.2 Å². The maximum Gasteiger partial charge on any atom is 0.288 e. The third kappa shape index (κ3) is 4.21. The fourth-order valence-electron chi connectivity index (χ4n) is 2.95. The number of carbonyl (C=O) groups excluding carboxylic acids is 1. The van der Waals surface area contributed by atoms with Gasteiger partial charge in [0.25, 0.3) is 5.91 Å². The lowest BCUT2D eigenvalue weighted by molar-refractivity contribution is -0.175. The van der Waals surface area contributed by atoms with E-state index in [2.05, 4.69) is 6.92 Å². The van der Waals surface area contributed by atoms with E-state index in [1.165, 1.54) is 0 Å². The van der Waals surface area contributed by atoms with Gasteiger partial charge in [-0.05, 0) is 31.8 Å². The fraction of sp³-hybridized carbons (Fsp3) is 0.812. The van der Waals surface area contributed by atoms with Crippen LogP contribution in [0, 0.1) is 11.8 Å². The van der Waals surface area contributed by atoms with Gasteiger partial charge in [0.1, 0.15) is 0 Å². The van der Waals surface area contributed by atoms with Crippen LogP contribution in [0.2, 0.25) is 0 Å². The van der Waals surface area contributed by atoms with Crippen LogP contribution in [0.4, 0.5) is 0 Å². The molecule has 1 saturated heterocycles. The highest BCUT2D eigenvalue weighted by atomic mass is 16.7. The number of morpholine rings is 1. The monoisotopic (exact) mass is 313 g/mol. The van der Waals surface area contributed by atoms with Crippen LogP contribution in [0.3, 0.4) is 0 Å². The minimum atomic E-state index is -0.420. The van der Waals surface area contributed by atoms with Gasteiger partial charge in [-0.25, -0.2) is 0 Å². The van der Waals surface area contributed by atoms with Crippen molar-refractivity contribution in [1.82, 2.24) is 4.90 Å². The summed E-state index contributed by atoms with van der Waals surface area (Å²) in [5, 5.41) is 9.04. The van der Waals surface area contributed by atoms with Crippen molar-refractivity contribution >= 4 is 5.91 Å². The maximum atomic E-state index is 12.6. The van der Waals surface area contributed by atoms with E-state index in [-0.39, 0.29) is 24.3 Å². The lowest BCUT2D eigenvalue weighted by Crippen LogP contribution is -2.44. The SMILES string of the molecule is CCO[C@@H]1OC(C(=O)N2CCOCC2)=C[C@H](C)[C@@H]1CCCO. The number of hydrogen-bond acceptors (Lipinski definition) is 5. The molecule has 0 aromatic carbocycles.